The molecule has 0 aromatic rings. The first-order chi connectivity index (χ1) is 21.0. The number of esters is 1. The molecule has 5 amide bonds. The van der Waals surface area contributed by atoms with E-state index in [-0.39, 0.29) is 12.5 Å². The number of carbonyl (C=O) groups excluding carboxylic acids is 6. The number of Topliss-reactive ketones (excluding diaryl/α,β-unsaturated/α-hetero) is 1. The quantitative estimate of drug-likeness (QED) is 0.222. The van der Waals surface area contributed by atoms with E-state index in [0.29, 0.717) is 6.42 Å². The minimum atomic E-state index is -4.67. The third kappa shape index (κ3) is 12.0. The van der Waals surface area contributed by atoms with Crippen molar-refractivity contribution in [3.8, 4) is 0 Å². The lowest BCUT2D eigenvalue weighted by molar-refractivity contribution is -0.163. The number of likely N-dealkylation sites (tertiary alicyclic amines) is 1. The van der Waals surface area contributed by atoms with Crippen LogP contribution in [0.2, 0.25) is 0 Å². The summed E-state index contributed by atoms with van der Waals surface area (Å²) in [6.07, 6.45) is -6.68. The molecular formula is C32H54F3N5O7. The van der Waals surface area contributed by atoms with E-state index in [0.717, 1.165) is 0 Å². The van der Waals surface area contributed by atoms with Gasteiger partial charge >= 0.3 is 18.2 Å². The van der Waals surface area contributed by atoms with Crippen LogP contribution in [0.3, 0.4) is 0 Å². The Labute approximate surface area is 276 Å². The summed E-state index contributed by atoms with van der Waals surface area (Å²) >= 11 is 0. The van der Waals surface area contributed by atoms with Crippen molar-refractivity contribution >= 4 is 35.5 Å². The zero-order chi connectivity index (χ0) is 37.0. The summed E-state index contributed by atoms with van der Waals surface area (Å²) in [5, 5.41) is 4.99. The topological polar surface area (TPSA) is 168 Å². The van der Waals surface area contributed by atoms with Crippen LogP contribution >= 0.6 is 0 Å². The highest BCUT2D eigenvalue weighted by Gasteiger charge is 2.49. The number of alkyl halides is 3. The van der Waals surface area contributed by atoms with Crippen molar-refractivity contribution in [1.82, 2.24) is 20.4 Å². The highest BCUT2D eigenvalue weighted by Crippen LogP contribution is 2.34. The molecule has 4 N–H and O–H groups in total. The Bertz CT molecular complexity index is 1190. The molecule has 1 heterocycles. The monoisotopic (exact) mass is 677 g/mol. The number of hydrogen-bond acceptors (Lipinski definition) is 7. The molecule has 1 unspecified atom stereocenters. The fraction of sp³-hybridized carbons (Fsp3) is 0.812. The van der Waals surface area contributed by atoms with Crippen molar-refractivity contribution in [1.29, 1.82) is 0 Å². The molecule has 0 aromatic carbocycles. The van der Waals surface area contributed by atoms with Gasteiger partial charge in [0.25, 0.3) is 5.91 Å². The second-order valence-corrected chi connectivity index (χ2v) is 15.8. The zero-order valence-corrected chi connectivity index (χ0v) is 29.8. The van der Waals surface area contributed by atoms with Crippen molar-refractivity contribution in [2.24, 2.45) is 28.4 Å². The predicted molar refractivity (Wildman–Crippen MR) is 168 cm³/mol. The number of amides is 5. The van der Waals surface area contributed by atoms with Gasteiger partial charge in [-0.1, -0.05) is 55.4 Å². The first-order valence-electron chi connectivity index (χ1n) is 15.8. The number of rotatable bonds is 11. The number of nitrogens with one attached hydrogen (secondary N) is 2. The molecule has 270 valence electrons. The van der Waals surface area contributed by atoms with Gasteiger partial charge in [0, 0.05) is 20.0 Å². The van der Waals surface area contributed by atoms with Gasteiger partial charge < -0.3 is 30.9 Å². The Morgan fingerprint density at radius 3 is 1.85 bits per heavy atom. The first-order valence-corrected chi connectivity index (χ1v) is 15.8. The fourth-order valence-electron chi connectivity index (χ4n) is 5.71. The van der Waals surface area contributed by atoms with Gasteiger partial charge in [-0.15, -0.1) is 0 Å². The van der Waals surface area contributed by atoms with E-state index in [1.54, 1.807) is 62.3 Å². The van der Waals surface area contributed by atoms with Crippen LogP contribution in [0.25, 0.3) is 0 Å². The number of nitrogens with two attached hydrogens (primary N) is 1. The Morgan fingerprint density at radius 2 is 1.45 bits per heavy atom. The minimum absolute atomic E-state index is 0.0809. The number of carbonyl (C=O) groups is 6. The van der Waals surface area contributed by atoms with Crippen LogP contribution < -0.4 is 16.4 Å². The van der Waals surface area contributed by atoms with Gasteiger partial charge in [0.15, 0.2) is 0 Å². The minimum Gasteiger partial charge on any atom is -0.458 e. The lowest BCUT2D eigenvalue weighted by atomic mass is 9.84. The number of ether oxygens (including phenoxy) is 1. The van der Waals surface area contributed by atoms with E-state index < -0.39 is 101 Å². The van der Waals surface area contributed by atoms with Crippen LogP contribution in [0.5, 0.6) is 0 Å². The van der Waals surface area contributed by atoms with Gasteiger partial charge in [-0.05, 0) is 56.3 Å². The molecule has 1 aliphatic rings. The third-order valence-corrected chi connectivity index (χ3v) is 7.98. The van der Waals surface area contributed by atoms with Gasteiger partial charge in [0.05, 0.1) is 6.04 Å². The van der Waals surface area contributed by atoms with Gasteiger partial charge in [-0.25, -0.2) is 9.59 Å². The predicted octanol–water partition coefficient (Wildman–Crippen LogP) is 3.55. The third-order valence-electron chi connectivity index (χ3n) is 7.98. The first kappa shape index (κ1) is 41.6. The molecule has 0 radical (unpaired) electrons. The molecule has 1 saturated heterocycles. The van der Waals surface area contributed by atoms with Crippen LogP contribution in [-0.4, -0.2) is 94.8 Å². The summed E-state index contributed by atoms with van der Waals surface area (Å²) in [5.74, 6) is -5.70. The van der Waals surface area contributed by atoms with Crippen molar-refractivity contribution in [2.45, 2.75) is 131 Å². The van der Waals surface area contributed by atoms with Gasteiger partial charge in [-0.2, -0.15) is 13.2 Å². The Hall–Kier alpha value is -3.39. The number of hydrogen-bond donors (Lipinski definition) is 3. The van der Waals surface area contributed by atoms with Gasteiger partial charge in [0.1, 0.15) is 23.7 Å². The van der Waals surface area contributed by atoms with Crippen molar-refractivity contribution in [3.05, 3.63) is 0 Å². The summed E-state index contributed by atoms with van der Waals surface area (Å²) in [6.45, 7) is 19.2. The van der Waals surface area contributed by atoms with E-state index in [2.05, 4.69) is 10.6 Å². The smallest absolute Gasteiger partial charge is 0.389 e. The Kier molecular flexibility index (Phi) is 13.5. The molecule has 5 atom stereocenters. The second-order valence-electron chi connectivity index (χ2n) is 15.8. The molecule has 0 saturated carbocycles. The lowest BCUT2D eigenvalue weighted by Gasteiger charge is -2.40. The maximum Gasteiger partial charge on any atom is 0.389 e. The summed E-state index contributed by atoms with van der Waals surface area (Å²) in [4.78, 5) is 81.2. The summed E-state index contributed by atoms with van der Waals surface area (Å²) in [6, 6.07) is -6.07. The average Bonchev–Trinajstić information content (AvgIpc) is 3.31. The van der Waals surface area contributed by atoms with E-state index in [1.807, 2.05) is 13.8 Å². The van der Waals surface area contributed by atoms with E-state index in [1.165, 1.54) is 16.8 Å². The number of primary amides is 1. The summed E-state index contributed by atoms with van der Waals surface area (Å²) < 4.78 is 44.6. The number of nitrogens with zero attached hydrogens (tertiary/aromatic N) is 2. The highest BCUT2D eigenvalue weighted by molar-refractivity contribution is 6.37. The lowest BCUT2D eigenvalue weighted by Crippen LogP contribution is -2.62. The second kappa shape index (κ2) is 15.2. The van der Waals surface area contributed by atoms with E-state index >= 15 is 0 Å². The summed E-state index contributed by atoms with van der Waals surface area (Å²) in [5.41, 5.74) is 2.55. The molecule has 0 spiro atoms. The SMILES string of the molecule is CC(C)[C@H]1CCN(C(=O)[C@@H](NC(=O)N(C)[C@H](C(=O)OC(C)(C)C)C(C)(C)C)C(C)(C)C)[C@@H]1C(=O)NC(CCC(F)(F)F)C(=O)C(N)=O. The highest BCUT2D eigenvalue weighted by atomic mass is 19.4. The maximum atomic E-state index is 14.2. The Balaban J connectivity index is 3.46. The molecule has 47 heavy (non-hydrogen) atoms. The van der Waals surface area contributed by atoms with Crippen LogP contribution in [0.1, 0.15) is 95.4 Å². The number of urea groups is 1. The van der Waals surface area contributed by atoms with Crippen molar-refractivity contribution in [3.63, 3.8) is 0 Å². The average molecular weight is 678 g/mol. The largest absolute Gasteiger partial charge is 0.458 e. The van der Waals surface area contributed by atoms with Crippen LogP contribution in [0, 0.1) is 22.7 Å². The number of likely N-dealkylation sites (N-methyl/N-ethyl adjacent to an activating group) is 1. The summed E-state index contributed by atoms with van der Waals surface area (Å²) in [7, 11) is 1.41. The molecular weight excluding hydrogens is 623 g/mol. The molecule has 1 aliphatic heterocycles. The molecule has 1 rings (SSSR count). The number of ketones is 1. The van der Waals surface area contributed by atoms with Crippen molar-refractivity contribution < 1.29 is 46.7 Å². The molecule has 0 aromatic heterocycles. The van der Waals surface area contributed by atoms with E-state index in [9.17, 15) is 41.9 Å². The van der Waals surface area contributed by atoms with Gasteiger partial charge in [0.2, 0.25) is 17.6 Å². The van der Waals surface area contributed by atoms with Crippen LogP contribution in [-0.2, 0) is 28.7 Å². The number of halogens is 3. The van der Waals surface area contributed by atoms with Gasteiger partial charge in [-0.3, -0.25) is 19.2 Å². The zero-order valence-electron chi connectivity index (χ0n) is 29.8. The Morgan fingerprint density at radius 1 is 0.915 bits per heavy atom. The molecule has 0 bridgehead atoms. The van der Waals surface area contributed by atoms with Crippen LogP contribution in [0.15, 0.2) is 0 Å². The molecule has 0 aliphatic carbocycles. The fourth-order valence-corrected chi connectivity index (χ4v) is 5.71. The van der Waals surface area contributed by atoms with Crippen molar-refractivity contribution in [2.75, 3.05) is 13.6 Å². The normalized spacial score (nSPS) is 19.4. The van der Waals surface area contributed by atoms with E-state index in [4.69, 9.17) is 10.5 Å². The molecule has 15 heteroatoms. The standard InChI is InChI=1S/C32H54F3N5O7/c1-17(2)18-14-16-40(20(18)25(43)37-19(21(41)24(36)42)13-15-32(33,34)35)26(44)22(29(3,4)5)38-28(46)39(12)23(30(6,7)8)27(45)47-31(9,10)11/h17-20,22-23H,13-16H2,1-12H3,(H2,36,42)(H,37,43)(H,38,46)/t18-,19?,20+,22-,23-/m1/s1. The molecule has 12 nitrogen and oxygen atoms in total. The maximum absolute atomic E-state index is 14.2. The molecule has 1 fully saturated rings. The van der Waals surface area contributed by atoms with Crippen LogP contribution in [0.4, 0.5) is 18.0 Å².